The van der Waals surface area contributed by atoms with E-state index in [-0.39, 0.29) is 153 Å². The average molecular weight is 1550 g/mol. The fourth-order valence-corrected chi connectivity index (χ4v) is 12.5. The maximum absolute atomic E-state index is 15.8. The molecule has 4 saturated heterocycles. The molecule has 0 unspecified atom stereocenters. The monoisotopic (exact) mass is 1550 g/mol. The van der Waals surface area contributed by atoms with E-state index in [9.17, 15) is 18.4 Å². The number of aryl methyl sites for hydroxylation is 2. The first-order valence-electron chi connectivity index (χ1n) is 32.7. The summed E-state index contributed by atoms with van der Waals surface area (Å²) < 4.78 is 77.2. The summed E-state index contributed by atoms with van der Waals surface area (Å²) in [5.74, 6) is -1.49. The fourth-order valence-electron chi connectivity index (χ4n) is 12.5. The maximum Gasteiger partial charge on any atom is 0.328 e. The molecule has 6 atom stereocenters. The number of morpholine rings is 2. The number of nitrogens with two attached hydrogens (primary N) is 2. The third kappa shape index (κ3) is 25.2. The molecule has 568 valence electrons. The minimum Gasteiger partial charge on any atom is -0.478 e. The first-order chi connectivity index (χ1) is 46.9. The number of aliphatic carboxylic acids is 1. The van der Waals surface area contributed by atoms with Gasteiger partial charge in [0.05, 0.1) is 49.4 Å². The highest BCUT2D eigenvalue weighted by atomic mass is 32.1. The lowest BCUT2D eigenvalue weighted by molar-refractivity contribution is -0.131. The van der Waals surface area contributed by atoms with Crippen LogP contribution in [0.5, 0.6) is 12.0 Å². The van der Waals surface area contributed by atoms with E-state index in [4.69, 9.17) is 48.7 Å². The number of ether oxygens (including phenoxy) is 4. The van der Waals surface area contributed by atoms with Gasteiger partial charge in [-0.1, -0.05) is 100 Å². The summed E-state index contributed by atoms with van der Waals surface area (Å²) in [4.78, 5) is 59.9. The number of benzene rings is 4. The Labute approximate surface area is 649 Å². The number of fused-ring (bicyclic) bond motifs is 8. The van der Waals surface area contributed by atoms with Crippen molar-refractivity contribution in [3.63, 3.8) is 0 Å². The van der Waals surface area contributed by atoms with E-state index < -0.39 is 31.0 Å². The van der Waals surface area contributed by atoms with E-state index in [0.717, 1.165) is 121 Å². The van der Waals surface area contributed by atoms with Crippen LogP contribution in [0.1, 0.15) is 84.8 Å². The number of carboxylic acids is 1. The Morgan fingerprint density at radius 2 is 1.10 bits per heavy atom. The van der Waals surface area contributed by atoms with Crippen molar-refractivity contribution in [1.82, 2.24) is 44.6 Å². The zero-order chi connectivity index (χ0) is 69.5. The van der Waals surface area contributed by atoms with Crippen LogP contribution >= 0.6 is 81.0 Å². The van der Waals surface area contributed by atoms with E-state index >= 15 is 8.78 Å². The largest absolute Gasteiger partial charge is 0.478 e. The van der Waals surface area contributed by atoms with Gasteiger partial charge < -0.3 is 50.1 Å². The van der Waals surface area contributed by atoms with Crippen molar-refractivity contribution in [3.05, 3.63) is 155 Å². The molecule has 8 aromatic rings. The number of alkyl halides is 2. The summed E-state index contributed by atoms with van der Waals surface area (Å²) in [5.41, 5.74) is 16.5. The fraction of sp³-hybridized carbons (Fsp3) is 0.432. The summed E-state index contributed by atoms with van der Waals surface area (Å²) in [6.07, 6.45) is 14.2. The zero-order valence-electron chi connectivity index (χ0n) is 58.8. The van der Waals surface area contributed by atoms with Gasteiger partial charge >= 0.3 is 18.0 Å². The third-order valence-corrected chi connectivity index (χ3v) is 17.2. The van der Waals surface area contributed by atoms with Gasteiger partial charge in [0, 0.05) is 86.4 Å². The Balaban J connectivity index is 0.000000725. The van der Waals surface area contributed by atoms with Crippen LogP contribution in [0, 0.1) is 44.5 Å². The molecular formula is C74H101F4N13O7S6. The van der Waals surface area contributed by atoms with Crippen LogP contribution in [0.15, 0.2) is 109 Å². The molecule has 4 aromatic carbocycles. The molecule has 1 amide bonds. The lowest BCUT2D eigenvalue weighted by Gasteiger charge is -2.26. The number of rotatable bonds is 22. The maximum atomic E-state index is 15.8. The number of hydrogen-bond donors (Lipinski definition) is 3. The molecular weight excluding hydrogens is 1450 g/mol. The van der Waals surface area contributed by atoms with E-state index in [1.807, 2.05) is 100 Å². The SMILES string of the molecule is C.Cc1cccc2cccc(-c3ncc4c(N)nc(OCCCN5C[C@@H]6C[C@H]5CO6)nc4c3F)c12.Cc1cccc2cccc(-c3ncc4c(N)nc(OCCCN5C[C@@H]6C[C@H]5CO6)nc4c3F)c12.O=C(O)/C=C/CF.S.S.S.S.S.S.[C-]#[N+]C[C@@H](C)CCC.[C-]#[N+]C[C@@H](C)N(CC)C(=O)/C=C/CF. The second-order valence-corrected chi connectivity index (χ2v) is 24.2. The molecule has 4 bridgehead atoms. The number of allylic oxidation sites excluding steroid dienone is 2. The minimum atomic E-state index is -1.11. The highest BCUT2D eigenvalue weighted by Gasteiger charge is 2.39. The first-order valence-corrected chi connectivity index (χ1v) is 32.7. The number of halogens is 4. The summed E-state index contributed by atoms with van der Waals surface area (Å²) in [7, 11) is 0. The molecule has 4 fully saturated rings. The molecule has 0 radical (unpaired) electrons. The smallest absolute Gasteiger partial charge is 0.328 e. The van der Waals surface area contributed by atoms with Crippen LogP contribution in [0.2, 0.25) is 0 Å². The van der Waals surface area contributed by atoms with Crippen LogP contribution in [-0.4, -0.2) is 178 Å². The standard InChI is InChI=1S/2C26H26FN5O2.C10H15FN2O.C7H13N.C4H5FO2.CH4.6H2S/c2*1-15-5-2-6-16-7-3-8-19(21(15)16)23-22(27)24-20(12-29-23)25(28)31-26(30-24)33-10-4-9-32-13-18-11-17(32)14-34-18;1-4-13(9(2)8-12-3)10(14)6-5-7-11;1-4-5-7(2)6-8-3;5-3-1-2-4(6)7;;;;;;;/h2*2-3,5-8,12,17-18H,4,9-11,13-14H2,1H3,(H2,28,30,31);5-6,9H,4,7-8H2,1-2H3;7H,4-6H2,1-2H3;1-2H,3H2,(H,6,7);1H4;6*1H2/b;;6-5+;;2-1+;;;;;;;/t2*17-,18-;9-;7-;;;;;;;;/m0010......../s1. The molecule has 4 aliphatic heterocycles. The molecule has 8 heterocycles. The number of nitrogen functional groups attached to an aromatic ring is 2. The second kappa shape index (κ2) is 47.3. The van der Waals surface area contributed by atoms with Gasteiger partial charge in [0.25, 0.3) is 0 Å². The van der Waals surface area contributed by atoms with Crippen LogP contribution in [0.25, 0.3) is 75.6 Å². The van der Waals surface area contributed by atoms with Crippen LogP contribution < -0.4 is 20.9 Å². The summed E-state index contributed by atoms with van der Waals surface area (Å²) in [6, 6.07) is 24.7. The van der Waals surface area contributed by atoms with Crippen molar-refractivity contribution in [2.75, 3.05) is 97.1 Å². The van der Waals surface area contributed by atoms with Crippen molar-refractivity contribution in [2.24, 2.45) is 5.92 Å². The molecule has 30 heteroatoms. The van der Waals surface area contributed by atoms with Gasteiger partial charge in [-0.25, -0.2) is 35.5 Å². The molecule has 0 saturated carbocycles. The Kier molecular flexibility index (Phi) is 43.0. The number of carbonyl (C=O) groups is 2. The van der Waals surface area contributed by atoms with Crippen molar-refractivity contribution in [3.8, 4) is 34.5 Å². The molecule has 4 aliphatic rings. The van der Waals surface area contributed by atoms with Gasteiger partial charge in [0.1, 0.15) is 53.4 Å². The lowest BCUT2D eigenvalue weighted by atomic mass is 9.97. The number of pyridine rings is 2. The molecule has 12 rings (SSSR count). The van der Waals surface area contributed by atoms with Gasteiger partial charge in [0.2, 0.25) is 19.0 Å². The number of carboxylic acid groups (broad SMARTS) is 1. The predicted octanol–water partition coefficient (Wildman–Crippen LogP) is 14.2. The summed E-state index contributed by atoms with van der Waals surface area (Å²) in [5, 5.41) is 12.5. The van der Waals surface area contributed by atoms with E-state index in [0.29, 0.717) is 67.3 Å². The molecule has 4 aromatic heterocycles. The minimum absolute atomic E-state index is 0. The molecule has 104 heavy (non-hydrogen) atoms. The molecule has 0 aliphatic carbocycles. The van der Waals surface area contributed by atoms with Gasteiger partial charge in [-0.15, -0.1) is 0 Å². The highest BCUT2D eigenvalue weighted by molar-refractivity contribution is 7.60. The van der Waals surface area contributed by atoms with E-state index in [2.05, 4.69) is 63.2 Å². The van der Waals surface area contributed by atoms with Gasteiger partial charge in [-0.2, -0.15) is 101 Å². The van der Waals surface area contributed by atoms with Crippen LogP contribution in [0.3, 0.4) is 0 Å². The average Bonchev–Trinajstić information content (AvgIpc) is 0.898. The molecule has 20 nitrogen and oxygen atoms in total. The number of amides is 1. The predicted molar refractivity (Wildman–Crippen MR) is 439 cm³/mol. The van der Waals surface area contributed by atoms with Crippen molar-refractivity contribution in [1.29, 1.82) is 0 Å². The highest BCUT2D eigenvalue weighted by Crippen LogP contribution is 2.37. The first kappa shape index (κ1) is 94.7. The quantitative estimate of drug-likeness (QED) is 0.0247. The number of nitrogens with zero attached hydrogens (tertiary/aromatic N) is 11. The van der Waals surface area contributed by atoms with Gasteiger partial charge in [0.15, 0.2) is 11.6 Å². The van der Waals surface area contributed by atoms with Crippen LogP contribution in [0.4, 0.5) is 29.2 Å². The van der Waals surface area contributed by atoms with E-state index in [1.165, 1.54) is 37.4 Å². The number of likely N-dealkylation sites (tertiary alicyclic amines) is 2. The Morgan fingerprint density at radius 1 is 0.673 bits per heavy atom. The van der Waals surface area contributed by atoms with Crippen molar-refractivity contribution < 1.29 is 51.2 Å². The summed E-state index contributed by atoms with van der Waals surface area (Å²) >= 11 is 0. The normalized spacial score (nSPS) is 16.3. The number of hydrogen-bond acceptors (Lipinski definition) is 16. The number of anilines is 2. The van der Waals surface area contributed by atoms with Gasteiger partial charge in [-0.3, -0.25) is 24.6 Å². The Bertz CT molecular complexity index is 3960. The topological polar surface area (TPSA) is 239 Å². The van der Waals surface area contributed by atoms with Crippen molar-refractivity contribution >= 4 is 148 Å². The molecule has 0 spiro atoms. The van der Waals surface area contributed by atoms with Gasteiger partial charge in [-0.05, 0) is 105 Å². The zero-order valence-corrected chi connectivity index (χ0v) is 64.8. The Hall–Kier alpha value is -7.36. The number of likely N-dealkylation sites (N-methyl/N-ethyl adjacent to an activating group) is 1. The molecule has 5 N–H and O–H groups in total. The van der Waals surface area contributed by atoms with E-state index in [1.54, 1.807) is 4.90 Å². The van der Waals surface area contributed by atoms with Crippen molar-refractivity contribution in [2.45, 2.75) is 118 Å². The van der Waals surface area contributed by atoms with Crippen LogP contribution in [-0.2, 0) is 19.1 Å². The number of carbonyl (C=O) groups excluding carboxylic acids is 1. The lowest BCUT2D eigenvalue weighted by Crippen LogP contribution is -2.38. The second-order valence-electron chi connectivity index (χ2n) is 24.2. The third-order valence-electron chi connectivity index (χ3n) is 17.2. The summed E-state index contributed by atoms with van der Waals surface area (Å²) in [6.45, 7) is 31.7. The number of aromatic nitrogens is 6. The Morgan fingerprint density at radius 3 is 1.45 bits per heavy atom.